The highest BCUT2D eigenvalue weighted by Gasteiger charge is 2.20. The van der Waals surface area contributed by atoms with Gasteiger partial charge in [-0.25, -0.2) is 0 Å². The summed E-state index contributed by atoms with van der Waals surface area (Å²) in [4.78, 5) is 4.67. The fourth-order valence-corrected chi connectivity index (χ4v) is 3.67. The van der Waals surface area contributed by atoms with E-state index in [1.54, 1.807) is 0 Å². The van der Waals surface area contributed by atoms with Crippen LogP contribution in [0.1, 0.15) is 28.1 Å². The van der Waals surface area contributed by atoms with Crippen LogP contribution < -0.4 is 5.72 Å². The molecule has 4 rings (SSSR count). The molecule has 2 nitrogen and oxygen atoms in total. The van der Waals surface area contributed by atoms with E-state index in [0.717, 1.165) is 5.72 Å². The summed E-state index contributed by atoms with van der Waals surface area (Å²) in [5.74, 6) is 0.151. The van der Waals surface area contributed by atoms with Gasteiger partial charge < -0.3 is 4.57 Å². The third kappa shape index (κ3) is 3.59. The predicted molar refractivity (Wildman–Crippen MR) is 113 cm³/mol. The maximum Gasteiger partial charge on any atom is 0.216 e. The molecule has 0 aliphatic carbocycles. The van der Waals surface area contributed by atoms with Crippen LogP contribution in [0, 0.1) is 13.8 Å². The third-order valence-corrected chi connectivity index (χ3v) is 4.98. The van der Waals surface area contributed by atoms with Crippen molar-refractivity contribution >= 4 is 13.0 Å². The summed E-state index contributed by atoms with van der Waals surface area (Å²) in [6.45, 7) is 4.30. The summed E-state index contributed by atoms with van der Waals surface area (Å²) >= 11 is 0. The maximum atomic E-state index is 4.67. The molecule has 3 aromatic carbocycles. The van der Waals surface area contributed by atoms with Crippen molar-refractivity contribution in [3.05, 3.63) is 114 Å². The highest BCUT2D eigenvalue weighted by atomic mass is 15.1. The van der Waals surface area contributed by atoms with Crippen molar-refractivity contribution in [1.82, 2.24) is 9.55 Å². The van der Waals surface area contributed by atoms with Crippen LogP contribution in [0.5, 0.6) is 0 Å². The molecule has 0 aliphatic rings. The Kier molecular flexibility index (Phi) is 4.93. The Morgan fingerprint density at radius 2 is 1.30 bits per heavy atom. The summed E-state index contributed by atoms with van der Waals surface area (Å²) in [6.07, 6.45) is 3.93. The molecule has 1 heterocycles. The van der Waals surface area contributed by atoms with E-state index in [4.69, 9.17) is 0 Å². The van der Waals surface area contributed by atoms with E-state index in [-0.39, 0.29) is 5.82 Å². The predicted octanol–water partition coefficient (Wildman–Crippen LogP) is 4.61. The Morgan fingerprint density at radius 1 is 0.741 bits per heavy atom. The minimum Gasteiger partial charge on any atom is -0.312 e. The zero-order chi connectivity index (χ0) is 18.6. The number of rotatable bonds is 5. The lowest BCUT2D eigenvalue weighted by Gasteiger charge is -2.19. The minimum absolute atomic E-state index is 0.151. The quantitative estimate of drug-likeness (QED) is 0.481. The van der Waals surface area contributed by atoms with Gasteiger partial charge in [0.2, 0.25) is 7.28 Å². The van der Waals surface area contributed by atoms with E-state index in [2.05, 4.69) is 110 Å². The van der Waals surface area contributed by atoms with E-state index in [0.29, 0.717) is 0 Å². The van der Waals surface area contributed by atoms with Crippen LogP contribution >= 0.6 is 0 Å². The molecule has 0 atom stereocenters. The highest BCUT2D eigenvalue weighted by Crippen LogP contribution is 2.24. The van der Waals surface area contributed by atoms with Crippen LogP contribution in [0.2, 0.25) is 0 Å². The molecule has 0 spiro atoms. The fourth-order valence-electron chi connectivity index (χ4n) is 3.67. The van der Waals surface area contributed by atoms with Gasteiger partial charge in [-0.3, -0.25) is 4.98 Å². The van der Waals surface area contributed by atoms with Gasteiger partial charge in [0.15, 0.2) is 0 Å². The zero-order valence-electron chi connectivity index (χ0n) is 15.7. The standard InChI is InChI=1S/C24H22BN2/c1-18-10-9-11-19(2)23(18)27-17-16-26-24(27)25-22(20-12-5-3-6-13-20)21-14-7-4-8-15-21/h3-17,22H,1-2H3. The van der Waals surface area contributed by atoms with Crippen molar-refractivity contribution in [1.29, 1.82) is 0 Å². The normalized spacial score (nSPS) is 10.9. The third-order valence-electron chi connectivity index (χ3n) is 4.98. The highest BCUT2D eigenvalue weighted by molar-refractivity contribution is 6.54. The van der Waals surface area contributed by atoms with Crippen molar-refractivity contribution < 1.29 is 0 Å². The van der Waals surface area contributed by atoms with Gasteiger partial charge in [0, 0.05) is 12.4 Å². The molecule has 27 heavy (non-hydrogen) atoms. The molecule has 0 amide bonds. The van der Waals surface area contributed by atoms with E-state index in [1.165, 1.54) is 27.9 Å². The van der Waals surface area contributed by atoms with Crippen LogP contribution in [-0.2, 0) is 0 Å². The van der Waals surface area contributed by atoms with Gasteiger partial charge in [0.05, 0.1) is 11.4 Å². The summed E-state index contributed by atoms with van der Waals surface area (Å²) in [6, 6.07) is 27.6. The smallest absolute Gasteiger partial charge is 0.216 e. The molecule has 0 saturated carbocycles. The van der Waals surface area contributed by atoms with E-state index in [1.807, 2.05) is 12.4 Å². The van der Waals surface area contributed by atoms with Crippen molar-refractivity contribution in [2.75, 3.05) is 0 Å². The van der Waals surface area contributed by atoms with Crippen LogP contribution in [0.3, 0.4) is 0 Å². The van der Waals surface area contributed by atoms with Gasteiger partial charge in [-0.1, -0.05) is 78.9 Å². The average Bonchev–Trinajstić information content (AvgIpc) is 3.15. The topological polar surface area (TPSA) is 17.8 Å². The first-order chi connectivity index (χ1) is 13.2. The van der Waals surface area contributed by atoms with Gasteiger partial charge in [0.25, 0.3) is 0 Å². The molecule has 1 radical (unpaired) electrons. The molecule has 0 unspecified atom stereocenters. The number of imidazole rings is 1. The van der Waals surface area contributed by atoms with E-state index >= 15 is 0 Å². The first-order valence-electron chi connectivity index (χ1n) is 9.29. The second-order valence-electron chi connectivity index (χ2n) is 6.86. The minimum atomic E-state index is 0.151. The molecule has 131 valence electrons. The molecule has 0 saturated heterocycles. The number of hydrogen-bond donors (Lipinski definition) is 0. The molecule has 0 N–H and O–H groups in total. The summed E-state index contributed by atoms with van der Waals surface area (Å²) < 4.78 is 2.20. The fraction of sp³-hybridized carbons (Fsp3) is 0.125. The second-order valence-corrected chi connectivity index (χ2v) is 6.86. The largest absolute Gasteiger partial charge is 0.312 e. The SMILES string of the molecule is Cc1cccc(C)c1-n1ccnc1[B]C(c1ccccc1)c1ccccc1. The van der Waals surface area contributed by atoms with Crippen molar-refractivity contribution in [2.45, 2.75) is 19.7 Å². The van der Waals surface area contributed by atoms with Gasteiger partial charge in [-0.15, -0.1) is 0 Å². The molecular formula is C24H22BN2. The molecular weight excluding hydrogens is 327 g/mol. The Morgan fingerprint density at radius 3 is 1.85 bits per heavy atom. The molecule has 0 bridgehead atoms. The Bertz CT molecular complexity index is 963. The van der Waals surface area contributed by atoms with Crippen molar-refractivity contribution in [3.63, 3.8) is 0 Å². The molecule has 3 heteroatoms. The summed E-state index contributed by atoms with van der Waals surface area (Å²) in [5.41, 5.74) is 7.20. The first kappa shape index (κ1) is 17.4. The summed E-state index contributed by atoms with van der Waals surface area (Å²) in [7, 11) is 2.26. The van der Waals surface area contributed by atoms with Crippen molar-refractivity contribution in [2.24, 2.45) is 0 Å². The van der Waals surface area contributed by atoms with E-state index in [9.17, 15) is 0 Å². The Hall–Kier alpha value is -3.07. The number of aromatic nitrogens is 2. The van der Waals surface area contributed by atoms with Crippen LogP contribution in [0.25, 0.3) is 5.69 Å². The average molecular weight is 349 g/mol. The van der Waals surface area contributed by atoms with Gasteiger partial charge in [-0.2, -0.15) is 0 Å². The first-order valence-corrected chi connectivity index (χ1v) is 9.29. The summed E-state index contributed by atoms with van der Waals surface area (Å²) in [5, 5.41) is 0. The molecule has 4 aromatic rings. The number of benzene rings is 3. The number of nitrogens with zero attached hydrogens (tertiary/aromatic N) is 2. The van der Waals surface area contributed by atoms with E-state index < -0.39 is 0 Å². The van der Waals surface area contributed by atoms with Crippen LogP contribution in [0.4, 0.5) is 0 Å². The van der Waals surface area contributed by atoms with Crippen molar-refractivity contribution in [3.8, 4) is 5.69 Å². The Balaban J connectivity index is 1.77. The monoisotopic (exact) mass is 349 g/mol. The lowest BCUT2D eigenvalue weighted by Crippen LogP contribution is -2.31. The lowest BCUT2D eigenvalue weighted by molar-refractivity contribution is 1.05. The van der Waals surface area contributed by atoms with Gasteiger partial charge in [0.1, 0.15) is 0 Å². The number of aryl methyl sites for hydroxylation is 2. The lowest BCUT2D eigenvalue weighted by atomic mass is 9.58. The molecule has 0 fully saturated rings. The van der Waals surface area contributed by atoms with Crippen LogP contribution in [0.15, 0.2) is 91.3 Å². The van der Waals surface area contributed by atoms with Gasteiger partial charge in [-0.05, 0) is 41.9 Å². The van der Waals surface area contributed by atoms with Gasteiger partial charge >= 0.3 is 0 Å². The number of para-hydroxylation sites is 1. The number of hydrogen-bond acceptors (Lipinski definition) is 1. The second kappa shape index (κ2) is 7.67. The maximum absolute atomic E-state index is 4.67. The zero-order valence-corrected chi connectivity index (χ0v) is 15.7. The van der Waals surface area contributed by atoms with Crippen LogP contribution in [-0.4, -0.2) is 16.8 Å². The Labute approximate surface area is 161 Å². The molecule has 1 aromatic heterocycles. The molecule has 0 aliphatic heterocycles.